The summed E-state index contributed by atoms with van der Waals surface area (Å²) in [5.74, 6) is -0.0317. The van der Waals surface area contributed by atoms with Gasteiger partial charge in [-0.15, -0.1) is 0 Å². The molecule has 0 saturated heterocycles. The van der Waals surface area contributed by atoms with Crippen LogP contribution in [0.25, 0.3) is 5.69 Å². The van der Waals surface area contributed by atoms with E-state index in [-0.39, 0.29) is 5.91 Å². The van der Waals surface area contributed by atoms with Crippen LogP contribution in [-0.4, -0.2) is 21.7 Å². The normalized spacial score (nSPS) is 16.6. The Kier molecular flexibility index (Phi) is 5.34. The van der Waals surface area contributed by atoms with Crippen LogP contribution >= 0.6 is 11.6 Å². The number of carbonyl (C=O) groups excluding carboxylic acids is 1. The van der Waals surface area contributed by atoms with E-state index in [4.69, 9.17) is 11.6 Å². The molecule has 1 aliphatic rings. The number of nitrogens with one attached hydrogen (secondary N) is 1. The predicted molar refractivity (Wildman–Crippen MR) is 92.1 cm³/mol. The topological polar surface area (TPSA) is 46.9 Å². The average molecular weight is 332 g/mol. The van der Waals surface area contributed by atoms with E-state index in [2.05, 4.69) is 10.4 Å². The lowest BCUT2D eigenvalue weighted by atomic mass is 9.96. The Morgan fingerprint density at radius 2 is 1.74 bits per heavy atom. The molecule has 1 aromatic carbocycles. The van der Waals surface area contributed by atoms with E-state index >= 15 is 0 Å². The molecule has 1 N–H and O–H groups in total. The van der Waals surface area contributed by atoms with Gasteiger partial charge in [-0.2, -0.15) is 5.10 Å². The lowest BCUT2D eigenvalue weighted by Gasteiger charge is -2.20. The summed E-state index contributed by atoms with van der Waals surface area (Å²) < 4.78 is 1.70. The molecule has 0 atom stereocenters. The maximum Gasteiger partial charge on any atom is 0.254 e. The number of nitrogens with zero attached hydrogens (tertiary/aromatic N) is 2. The van der Waals surface area contributed by atoms with Gasteiger partial charge in [0.05, 0.1) is 17.4 Å². The van der Waals surface area contributed by atoms with E-state index in [9.17, 15) is 4.79 Å². The molecule has 1 fully saturated rings. The molecule has 5 heteroatoms. The molecule has 1 aromatic heterocycles. The first-order valence-corrected chi connectivity index (χ1v) is 8.71. The Morgan fingerprint density at radius 3 is 2.43 bits per heavy atom. The van der Waals surface area contributed by atoms with Gasteiger partial charge in [0, 0.05) is 17.3 Å². The third-order valence-corrected chi connectivity index (χ3v) is 4.63. The van der Waals surface area contributed by atoms with Crippen LogP contribution in [0, 0.1) is 0 Å². The van der Waals surface area contributed by atoms with Crippen LogP contribution in [-0.2, 0) is 0 Å². The van der Waals surface area contributed by atoms with Gasteiger partial charge in [0.2, 0.25) is 0 Å². The Bertz CT molecular complexity index is 643. The Balaban J connectivity index is 1.64. The van der Waals surface area contributed by atoms with Crippen molar-refractivity contribution in [1.82, 2.24) is 15.1 Å². The van der Waals surface area contributed by atoms with Crippen LogP contribution in [0.5, 0.6) is 0 Å². The average Bonchev–Trinajstić information content (AvgIpc) is 3.00. The van der Waals surface area contributed by atoms with Crippen molar-refractivity contribution in [3.8, 4) is 5.69 Å². The zero-order chi connectivity index (χ0) is 16.1. The molecule has 0 bridgehead atoms. The van der Waals surface area contributed by atoms with Gasteiger partial charge in [0.15, 0.2) is 0 Å². The molecule has 0 unspecified atom stereocenters. The summed E-state index contributed by atoms with van der Waals surface area (Å²) in [5, 5.41) is 8.12. The molecule has 1 amide bonds. The zero-order valence-corrected chi connectivity index (χ0v) is 13.9. The van der Waals surface area contributed by atoms with E-state index in [1.807, 2.05) is 24.3 Å². The molecule has 1 aliphatic carbocycles. The number of aromatic nitrogens is 2. The van der Waals surface area contributed by atoms with Gasteiger partial charge in [-0.1, -0.05) is 43.7 Å². The molecule has 2 aromatic rings. The Hall–Kier alpha value is -1.81. The van der Waals surface area contributed by atoms with Crippen molar-refractivity contribution in [2.24, 2.45) is 0 Å². The second kappa shape index (κ2) is 7.64. The molecular formula is C18H22ClN3O. The van der Waals surface area contributed by atoms with Gasteiger partial charge >= 0.3 is 0 Å². The molecule has 1 saturated carbocycles. The summed E-state index contributed by atoms with van der Waals surface area (Å²) in [4.78, 5) is 12.4. The largest absolute Gasteiger partial charge is 0.349 e. The Labute approximate surface area is 141 Å². The third kappa shape index (κ3) is 4.35. The number of rotatable bonds is 3. The van der Waals surface area contributed by atoms with E-state index in [1.165, 1.54) is 32.1 Å². The molecule has 0 spiro atoms. The van der Waals surface area contributed by atoms with Crippen molar-refractivity contribution in [1.29, 1.82) is 0 Å². The van der Waals surface area contributed by atoms with Gasteiger partial charge in [0.1, 0.15) is 0 Å². The predicted octanol–water partition coefficient (Wildman–Crippen LogP) is 4.37. The van der Waals surface area contributed by atoms with Crippen molar-refractivity contribution in [2.75, 3.05) is 0 Å². The minimum absolute atomic E-state index is 0.0317. The van der Waals surface area contributed by atoms with Gasteiger partial charge in [-0.05, 0) is 37.1 Å². The number of hydrogen-bond acceptors (Lipinski definition) is 2. The summed E-state index contributed by atoms with van der Waals surface area (Å²) in [7, 11) is 0. The molecule has 4 nitrogen and oxygen atoms in total. The maximum absolute atomic E-state index is 12.4. The van der Waals surface area contributed by atoms with Gasteiger partial charge < -0.3 is 5.32 Å². The lowest BCUT2D eigenvalue weighted by molar-refractivity contribution is 0.0930. The number of amides is 1. The van der Waals surface area contributed by atoms with Gasteiger partial charge in [-0.3, -0.25) is 4.79 Å². The highest BCUT2D eigenvalue weighted by Crippen LogP contribution is 2.18. The molecular weight excluding hydrogens is 310 g/mol. The van der Waals surface area contributed by atoms with Gasteiger partial charge in [-0.25, -0.2) is 4.68 Å². The zero-order valence-electron chi connectivity index (χ0n) is 13.2. The molecule has 122 valence electrons. The second-order valence-electron chi connectivity index (χ2n) is 6.17. The monoisotopic (exact) mass is 331 g/mol. The van der Waals surface area contributed by atoms with Crippen molar-refractivity contribution >= 4 is 17.5 Å². The SMILES string of the molecule is O=C(NC1CCCCCCC1)c1cnn(-c2ccc(Cl)cc2)c1. The first-order valence-electron chi connectivity index (χ1n) is 8.34. The highest BCUT2D eigenvalue weighted by molar-refractivity contribution is 6.30. The molecule has 0 aliphatic heterocycles. The highest BCUT2D eigenvalue weighted by atomic mass is 35.5. The summed E-state index contributed by atoms with van der Waals surface area (Å²) in [6.07, 6.45) is 11.8. The molecule has 23 heavy (non-hydrogen) atoms. The van der Waals surface area contributed by atoms with Crippen LogP contribution in [0.2, 0.25) is 5.02 Å². The second-order valence-corrected chi connectivity index (χ2v) is 6.60. The third-order valence-electron chi connectivity index (χ3n) is 4.38. The van der Waals surface area contributed by atoms with Crippen molar-refractivity contribution in [2.45, 2.75) is 51.0 Å². The fraction of sp³-hybridized carbons (Fsp3) is 0.444. The van der Waals surface area contributed by atoms with Crippen LogP contribution < -0.4 is 5.32 Å². The van der Waals surface area contributed by atoms with Crippen molar-refractivity contribution in [3.05, 3.63) is 47.2 Å². The van der Waals surface area contributed by atoms with E-state index in [1.54, 1.807) is 17.1 Å². The number of benzene rings is 1. The lowest BCUT2D eigenvalue weighted by Crippen LogP contribution is -2.35. The van der Waals surface area contributed by atoms with Crippen molar-refractivity contribution in [3.63, 3.8) is 0 Å². The maximum atomic E-state index is 12.4. The smallest absolute Gasteiger partial charge is 0.254 e. The van der Waals surface area contributed by atoms with Crippen molar-refractivity contribution < 1.29 is 4.79 Å². The van der Waals surface area contributed by atoms with Crippen LogP contribution in [0.3, 0.4) is 0 Å². The van der Waals surface area contributed by atoms with E-state index in [0.717, 1.165) is 18.5 Å². The van der Waals surface area contributed by atoms with E-state index < -0.39 is 0 Å². The quantitative estimate of drug-likeness (QED) is 0.907. The number of carbonyl (C=O) groups is 1. The number of halogens is 1. The number of hydrogen-bond donors (Lipinski definition) is 1. The fourth-order valence-corrected chi connectivity index (χ4v) is 3.17. The minimum Gasteiger partial charge on any atom is -0.349 e. The van der Waals surface area contributed by atoms with Gasteiger partial charge in [0.25, 0.3) is 5.91 Å². The van der Waals surface area contributed by atoms with Crippen LogP contribution in [0.4, 0.5) is 0 Å². The van der Waals surface area contributed by atoms with Crippen LogP contribution in [0.1, 0.15) is 55.3 Å². The highest BCUT2D eigenvalue weighted by Gasteiger charge is 2.16. The fourth-order valence-electron chi connectivity index (χ4n) is 3.04. The summed E-state index contributed by atoms with van der Waals surface area (Å²) >= 11 is 5.89. The standard InChI is InChI=1S/C18H22ClN3O/c19-15-8-10-17(11-9-15)22-13-14(12-20-22)18(23)21-16-6-4-2-1-3-5-7-16/h8-13,16H,1-7H2,(H,21,23). The summed E-state index contributed by atoms with van der Waals surface area (Å²) in [6, 6.07) is 7.68. The first kappa shape index (κ1) is 16.1. The molecule has 3 rings (SSSR count). The van der Waals surface area contributed by atoms with E-state index in [0.29, 0.717) is 16.6 Å². The summed E-state index contributed by atoms with van der Waals surface area (Å²) in [5.41, 5.74) is 1.49. The molecule has 1 heterocycles. The van der Waals surface area contributed by atoms with Crippen LogP contribution in [0.15, 0.2) is 36.7 Å². The first-order chi connectivity index (χ1) is 11.2. The summed E-state index contributed by atoms with van der Waals surface area (Å²) in [6.45, 7) is 0. The minimum atomic E-state index is -0.0317. The Morgan fingerprint density at radius 1 is 1.09 bits per heavy atom. The molecule has 0 radical (unpaired) electrons.